The SMILES string of the molecule is c1ccc(-c2cccc(-c3ccc4c(c3)c3cc5c6ccc7c(sc8ccc9ccccc9c87)c6n(-c6ccccc6)c5cc3n4-c3ccccc3)n2)cc1.c1ccc(-c2nc(-c3ccccc3)nc(-n3c4cc5c(cc4c4ccc6c7ccccc7sc6c43)c3ccccc3n5-c3ccccc3)n2)cc1.c1ccc(-n2c3cc4c(cc3c3c5ccccc5ccc32)c2ccc3c5ccccc5sc3c2n4-c2ccccc2)cc1. The van der Waals surface area contributed by atoms with Crippen molar-refractivity contribution in [3.05, 3.63) is 497 Å². The lowest BCUT2D eigenvalue weighted by Crippen LogP contribution is -2.06. The van der Waals surface area contributed by atoms with Crippen LogP contribution in [0.4, 0.5) is 0 Å². The minimum absolute atomic E-state index is 0.592. The van der Waals surface area contributed by atoms with Gasteiger partial charge in [-0.1, -0.05) is 346 Å². The minimum Gasteiger partial charge on any atom is -0.309 e. The molecular formula is C136H82N10S3. The zero-order valence-corrected chi connectivity index (χ0v) is 82.5. The number of hydrogen-bond donors (Lipinski definition) is 0. The van der Waals surface area contributed by atoms with Crippen molar-refractivity contribution in [1.29, 1.82) is 0 Å². The smallest absolute Gasteiger partial charge is 0.238 e. The summed E-state index contributed by atoms with van der Waals surface area (Å²) in [6, 6.07) is 179. The Bertz CT molecular complexity index is 11300. The first-order chi connectivity index (χ1) is 73.9. The van der Waals surface area contributed by atoms with E-state index in [9.17, 15) is 0 Å². The maximum atomic E-state index is 5.27. The van der Waals surface area contributed by atoms with Gasteiger partial charge in [0.05, 0.1) is 91.7 Å². The van der Waals surface area contributed by atoms with Crippen LogP contribution in [0.25, 0.3) is 293 Å². The van der Waals surface area contributed by atoms with Crippen LogP contribution in [-0.2, 0) is 0 Å². The van der Waals surface area contributed by atoms with Crippen LogP contribution < -0.4 is 0 Å². The molecule has 0 fully saturated rings. The molecule has 11 aromatic heterocycles. The van der Waals surface area contributed by atoms with Crippen molar-refractivity contribution in [2.45, 2.75) is 0 Å². The first kappa shape index (κ1) is 84.5. The molecule has 0 aliphatic heterocycles. The number of pyridine rings is 1. The van der Waals surface area contributed by atoms with Crippen molar-refractivity contribution >= 4 is 247 Å². The highest BCUT2D eigenvalue weighted by Crippen LogP contribution is 2.53. The molecule has 10 nitrogen and oxygen atoms in total. The van der Waals surface area contributed by atoms with E-state index < -0.39 is 0 Å². The third kappa shape index (κ3) is 13.3. The molecule has 0 atom stereocenters. The summed E-state index contributed by atoms with van der Waals surface area (Å²) in [6.07, 6.45) is 0. The molecule has 0 aliphatic carbocycles. The van der Waals surface area contributed by atoms with Gasteiger partial charge in [0.2, 0.25) is 5.95 Å². The summed E-state index contributed by atoms with van der Waals surface area (Å²) in [7, 11) is 0. The van der Waals surface area contributed by atoms with E-state index in [1.807, 2.05) is 76.5 Å². The van der Waals surface area contributed by atoms with Crippen LogP contribution in [0.1, 0.15) is 0 Å². The summed E-state index contributed by atoms with van der Waals surface area (Å²) in [5.41, 5.74) is 26.0. The van der Waals surface area contributed by atoms with E-state index in [4.69, 9.17) is 19.9 Å². The van der Waals surface area contributed by atoms with Crippen molar-refractivity contribution < 1.29 is 0 Å². The van der Waals surface area contributed by atoms with Crippen molar-refractivity contribution in [2.75, 3.05) is 0 Å². The van der Waals surface area contributed by atoms with Gasteiger partial charge in [-0.2, -0.15) is 9.97 Å². The fraction of sp³-hybridized carbons (Fsp3) is 0. The number of aromatic nitrogens is 10. The van der Waals surface area contributed by atoms with E-state index in [1.54, 1.807) is 0 Å². The Morgan fingerprint density at radius 3 is 1.01 bits per heavy atom. The zero-order chi connectivity index (χ0) is 97.6. The maximum Gasteiger partial charge on any atom is 0.238 e. The first-order valence-corrected chi connectivity index (χ1v) is 52.9. The molecule has 0 saturated heterocycles. The largest absolute Gasteiger partial charge is 0.309 e. The molecule has 11 heterocycles. The summed E-state index contributed by atoms with van der Waals surface area (Å²) in [4.78, 5) is 20.7. The Kier molecular flexibility index (Phi) is 19.2. The Balaban J connectivity index is 0.000000102. The van der Waals surface area contributed by atoms with Gasteiger partial charge in [-0.05, 0) is 173 Å². The highest BCUT2D eigenvalue weighted by Gasteiger charge is 2.30. The first-order valence-electron chi connectivity index (χ1n) is 50.5. The van der Waals surface area contributed by atoms with Gasteiger partial charge in [-0.3, -0.25) is 4.57 Å². The molecule has 0 aliphatic rings. The van der Waals surface area contributed by atoms with Gasteiger partial charge in [0.15, 0.2) is 11.6 Å². The van der Waals surface area contributed by atoms with Crippen molar-refractivity contribution in [3.8, 4) is 79.7 Å². The molecule has 33 rings (SSSR count). The molecule has 149 heavy (non-hydrogen) atoms. The number of benzene rings is 22. The Morgan fingerprint density at radius 2 is 0.490 bits per heavy atom. The quantitative estimate of drug-likeness (QED) is 0.137. The van der Waals surface area contributed by atoms with E-state index >= 15 is 0 Å². The second-order valence-electron chi connectivity index (χ2n) is 38.5. The van der Waals surface area contributed by atoms with Crippen LogP contribution in [0.2, 0.25) is 0 Å². The summed E-state index contributed by atoms with van der Waals surface area (Å²) < 4.78 is 22.3. The zero-order valence-electron chi connectivity index (χ0n) is 80.0. The molecule has 0 radical (unpaired) electrons. The average molecular weight is 1950 g/mol. The third-order valence-corrected chi connectivity index (χ3v) is 33.9. The van der Waals surface area contributed by atoms with Crippen LogP contribution in [0.3, 0.4) is 0 Å². The standard InChI is InChI=1S/C51H31N3S.C45H27N5S.C40H24N2S/c1-4-14-33(15-5-1)43-21-12-22-44(52-43)34-23-27-45-40(29-34)42-30-41-38-25-26-39-49-37-20-11-10-13-32(37)24-28-48(49)55-51(39)50(38)54(36-18-8-3-9-19-36)47(41)31-46(42)53(45)35-16-6-2-7-17-35;1-4-14-28(15-5-1)43-46-44(29-16-6-2-7-17-29)48-45(47-43)50-39-27-38-35(31-20-10-12-22-37(31)49(38)30-18-8-3-9-19-30)26-36(39)33-24-25-34-32-21-11-13-23-40(32)51-42(34)41(33)50;1-3-12-26(13-4-1)41-34-22-19-25-11-7-8-16-28(25)38(34)33-23-32-30-20-21-31-29-17-9-10-18-37(29)43-40(31)39(30)42(35(32)24-36(33)41)27-14-5-2-6-15-27/h1-31H;1-27H;1-24H. The lowest BCUT2D eigenvalue weighted by molar-refractivity contribution is 0.955. The lowest BCUT2D eigenvalue weighted by atomic mass is 10.0. The Hall–Kier alpha value is -19.0. The van der Waals surface area contributed by atoms with E-state index in [0.717, 1.165) is 72.6 Å². The number of fused-ring (bicyclic) bond motifs is 34. The van der Waals surface area contributed by atoms with E-state index in [1.165, 1.54) is 202 Å². The molecule has 0 unspecified atom stereocenters. The molecule has 0 amide bonds. The fourth-order valence-corrected chi connectivity index (χ4v) is 27.5. The highest BCUT2D eigenvalue weighted by molar-refractivity contribution is 7.27. The number of nitrogens with zero attached hydrogens (tertiary/aromatic N) is 10. The monoisotopic (exact) mass is 1950 g/mol. The van der Waals surface area contributed by atoms with Crippen LogP contribution in [0.15, 0.2) is 497 Å². The molecule has 13 heteroatoms. The van der Waals surface area contributed by atoms with E-state index in [0.29, 0.717) is 17.6 Å². The summed E-state index contributed by atoms with van der Waals surface area (Å²) in [5.74, 6) is 1.87. The average Bonchev–Trinajstić information content (AvgIpc) is 1.54. The van der Waals surface area contributed by atoms with E-state index in [-0.39, 0.29) is 0 Å². The summed E-state index contributed by atoms with van der Waals surface area (Å²) >= 11 is 5.63. The second-order valence-corrected chi connectivity index (χ2v) is 41.7. The topological polar surface area (TPSA) is 81.1 Å². The number of rotatable bonds is 10. The van der Waals surface area contributed by atoms with Crippen LogP contribution >= 0.6 is 34.0 Å². The van der Waals surface area contributed by atoms with E-state index in [2.05, 4.69) is 482 Å². The predicted octanol–water partition coefficient (Wildman–Crippen LogP) is 37.3. The van der Waals surface area contributed by atoms with Gasteiger partial charge < -0.3 is 22.8 Å². The molecule has 0 spiro atoms. The lowest BCUT2D eigenvalue weighted by Gasteiger charge is -2.12. The van der Waals surface area contributed by atoms with Crippen molar-refractivity contribution in [3.63, 3.8) is 0 Å². The number of thiophene rings is 3. The second kappa shape index (κ2) is 33.8. The van der Waals surface area contributed by atoms with Gasteiger partial charge in [0.25, 0.3) is 0 Å². The molecule has 0 saturated carbocycles. The highest BCUT2D eigenvalue weighted by atomic mass is 32.1. The Labute approximate surface area is 864 Å². The fourth-order valence-electron chi connectivity index (χ4n) is 23.8. The number of hydrogen-bond acceptors (Lipinski definition) is 7. The van der Waals surface area contributed by atoms with Crippen LogP contribution in [0, 0.1) is 0 Å². The third-order valence-electron chi connectivity index (χ3n) is 30.3. The van der Waals surface area contributed by atoms with Crippen LogP contribution in [0.5, 0.6) is 0 Å². The molecule has 0 bridgehead atoms. The molecule has 0 N–H and O–H groups in total. The molecular weight excluding hydrogens is 1870 g/mol. The van der Waals surface area contributed by atoms with Gasteiger partial charge in [-0.15, -0.1) is 34.0 Å². The van der Waals surface area contributed by atoms with Crippen molar-refractivity contribution in [1.82, 2.24) is 47.3 Å². The minimum atomic E-state index is 0.592. The molecule has 694 valence electrons. The Morgan fingerprint density at radius 1 is 0.154 bits per heavy atom. The molecule has 22 aromatic carbocycles. The van der Waals surface area contributed by atoms with Gasteiger partial charge in [-0.25, -0.2) is 9.97 Å². The van der Waals surface area contributed by atoms with Gasteiger partial charge in [0, 0.05) is 162 Å². The van der Waals surface area contributed by atoms with Crippen molar-refractivity contribution in [2.24, 2.45) is 0 Å². The van der Waals surface area contributed by atoms with Crippen LogP contribution in [-0.4, -0.2) is 47.3 Å². The van der Waals surface area contributed by atoms with Gasteiger partial charge >= 0.3 is 0 Å². The number of para-hydroxylation sites is 6. The predicted molar refractivity (Wildman–Crippen MR) is 632 cm³/mol. The van der Waals surface area contributed by atoms with Gasteiger partial charge in [0.1, 0.15) is 0 Å². The summed E-state index contributed by atoms with van der Waals surface area (Å²) in [6.45, 7) is 0. The molecule has 33 aromatic rings. The maximum absolute atomic E-state index is 5.27. The summed E-state index contributed by atoms with van der Waals surface area (Å²) in [5, 5.41) is 27.8. The normalized spacial score (nSPS) is 12.0.